The number of aliphatic hydroxyl groups excluding tert-OH is 1. The summed E-state index contributed by atoms with van der Waals surface area (Å²) < 4.78 is 19.5. The Morgan fingerprint density at radius 3 is 2.34 bits per heavy atom. The number of aromatic nitrogens is 2. The number of carbonyl (C=O) groups excluding carboxylic acids is 3. The number of halogens is 1. The highest BCUT2D eigenvalue weighted by atomic mass is 19.1. The first-order chi connectivity index (χ1) is 16.5. The number of methoxy groups -OCH3 is 1. The molecule has 0 saturated carbocycles. The van der Waals surface area contributed by atoms with E-state index in [0.717, 1.165) is 12.7 Å². The molecule has 0 aliphatic carbocycles. The number of fused-ring (bicyclic) bond motifs is 1. The van der Waals surface area contributed by atoms with E-state index in [2.05, 4.69) is 20.5 Å². The van der Waals surface area contributed by atoms with Crippen molar-refractivity contribution in [1.29, 1.82) is 0 Å². The molecule has 0 aliphatic heterocycles. The second-order valence-corrected chi connectivity index (χ2v) is 9.19. The fraction of sp³-hybridized carbons (Fsp3) is 0.360. The standard InChI is InChI=1S/C25H29FN4O5/c1-25(2,3)21(23(33)27-18(14-31)24(34)35-4)28-22(32)20-17-7-5-6-8-19(17)30(29-20)13-15-9-11-16(26)12-10-15/h5-12,18,21,31H,13-14H2,1-4H3,(H,27,33)(H,28,32)/t18-,21+/m0/s1. The lowest BCUT2D eigenvalue weighted by Gasteiger charge is -2.31. The smallest absolute Gasteiger partial charge is 0.330 e. The largest absolute Gasteiger partial charge is 0.467 e. The van der Waals surface area contributed by atoms with E-state index in [4.69, 9.17) is 0 Å². The number of nitrogens with one attached hydrogen (secondary N) is 2. The maximum absolute atomic E-state index is 13.3. The molecule has 0 bridgehead atoms. The number of aliphatic hydroxyl groups is 1. The third-order valence-corrected chi connectivity index (χ3v) is 5.51. The predicted octanol–water partition coefficient (Wildman–Crippen LogP) is 2.02. The number of esters is 1. The first-order valence-electron chi connectivity index (χ1n) is 11.0. The quantitative estimate of drug-likeness (QED) is 0.421. The van der Waals surface area contributed by atoms with Crippen LogP contribution in [0.1, 0.15) is 36.8 Å². The minimum atomic E-state index is -1.26. The van der Waals surface area contributed by atoms with Gasteiger partial charge in [0.2, 0.25) is 5.91 Å². The van der Waals surface area contributed by atoms with Crippen molar-refractivity contribution in [2.75, 3.05) is 13.7 Å². The first-order valence-corrected chi connectivity index (χ1v) is 11.0. The summed E-state index contributed by atoms with van der Waals surface area (Å²) in [6.07, 6.45) is 0. The molecule has 0 radical (unpaired) electrons. The maximum atomic E-state index is 13.3. The number of amides is 2. The zero-order chi connectivity index (χ0) is 25.8. The van der Waals surface area contributed by atoms with Gasteiger partial charge in [-0.3, -0.25) is 14.3 Å². The van der Waals surface area contributed by atoms with Crippen molar-refractivity contribution >= 4 is 28.7 Å². The van der Waals surface area contributed by atoms with Gasteiger partial charge in [0.05, 0.1) is 25.8 Å². The van der Waals surface area contributed by atoms with Gasteiger partial charge in [-0.2, -0.15) is 5.10 Å². The van der Waals surface area contributed by atoms with E-state index in [0.29, 0.717) is 17.4 Å². The van der Waals surface area contributed by atoms with E-state index in [9.17, 15) is 23.9 Å². The van der Waals surface area contributed by atoms with Gasteiger partial charge in [-0.1, -0.05) is 51.1 Å². The Morgan fingerprint density at radius 1 is 1.09 bits per heavy atom. The van der Waals surface area contributed by atoms with Gasteiger partial charge in [-0.05, 0) is 29.2 Å². The second-order valence-electron chi connectivity index (χ2n) is 9.19. The number of rotatable bonds is 8. The monoisotopic (exact) mass is 484 g/mol. The van der Waals surface area contributed by atoms with Gasteiger partial charge >= 0.3 is 5.97 Å². The Hall–Kier alpha value is -3.79. The molecular formula is C25H29FN4O5. The van der Waals surface area contributed by atoms with Gasteiger partial charge in [-0.25, -0.2) is 9.18 Å². The fourth-order valence-corrected chi connectivity index (χ4v) is 3.63. The third kappa shape index (κ3) is 6.02. The molecule has 1 heterocycles. The van der Waals surface area contributed by atoms with Gasteiger partial charge in [0.15, 0.2) is 11.7 Å². The Labute approximate surface area is 202 Å². The van der Waals surface area contributed by atoms with Crippen molar-refractivity contribution in [1.82, 2.24) is 20.4 Å². The molecule has 0 aliphatic rings. The van der Waals surface area contributed by atoms with Crippen molar-refractivity contribution in [3.63, 3.8) is 0 Å². The van der Waals surface area contributed by atoms with Crippen LogP contribution in [0.2, 0.25) is 0 Å². The van der Waals surface area contributed by atoms with Gasteiger partial charge in [0.25, 0.3) is 5.91 Å². The van der Waals surface area contributed by atoms with Crippen LogP contribution in [0.4, 0.5) is 4.39 Å². The van der Waals surface area contributed by atoms with Crippen LogP contribution in [-0.4, -0.2) is 58.5 Å². The van der Waals surface area contributed by atoms with Crippen molar-refractivity contribution in [2.45, 2.75) is 39.4 Å². The zero-order valence-electron chi connectivity index (χ0n) is 20.0. The molecule has 2 amide bonds. The lowest BCUT2D eigenvalue weighted by atomic mass is 9.85. The van der Waals surface area contributed by atoms with Crippen LogP contribution in [0, 0.1) is 11.2 Å². The fourth-order valence-electron chi connectivity index (χ4n) is 3.63. The molecule has 35 heavy (non-hydrogen) atoms. The first kappa shape index (κ1) is 25.8. The molecule has 0 fully saturated rings. The summed E-state index contributed by atoms with van der Waals surface area (Å²) in [4.78, 5) is 38.1. The SMILES string of the molecule is COC(=O)[C@H](CO)NC(=O)[C@@H](NC(=O)c1nn(Cc2ccc(F)cc2)c2ccccc12)C(C)(C)C. The highest BCUT2D eigenvalue weighted by Gasteiger charge is 2.36. The molecule has 3 rings (SSSR count). The van der Waals surface area contributed by atoms with Crippen LogP contribution < -0.4 is 10.6 Å². The summed E-state index contributed by atoms with van der Waals surface area (Å²) in [6, 6.07) is 10.9. The zero-order valence-corrected chi connectivity index (χ0v) is 20.0. The highest BCUT2D eigenvalue weighted by molar-refractivity contribution is 6.06. The summed E-state index contributed by atoms with van der Waals surface area (Å²) in [5.41, 5.74) is 0.889. The van der Waals surface area contributed by atoms with E-state index < -0.39 is 41.9 Å². The summed E-state index contributed by atoms with van der Waals surface area (Å²) in [5.74, 6) is -2.37. The Kier molecular flexibility index (Phi) is 7.85. The van der Waals surface area contributed by atoms with Gasteiger partial charge in [-0.15, -0.1) is 0 Å². The average molecular weight is 485 g/mol. The summed E-state index contributed by atoms with van der Waals surface area (Å²) in [6.45, 7) is 4.94. The molecule has 3 aromatic rings. The molecule has 0 spiro atoms. The van der Waals surface area contributed by atoms with Crippen molar-refractivity contribution < 1.29 is 28.6 Å². The van der Waals surface area contributed by atoms with E-state index in [1.54, 1.807) is 49.7 Å². The van der Waals surface area contributed by atoms with Crippen LogP contribution in [0.25, 0.3) is 10.9 Å². The Bertz CT molecular complexity index is 1220. The van der Waals surface area contributed by atoms with Crippen LogP contribution in [0.15, 0.2) is 48.5 Å². The molecule has 0 unspecified atom stereocenters. The van der Waals surface area contributed by atoms with Gasteiger partial charge in [0, 0.05) is 5.39 Å². The van der Waals surface area contributed by atoms with Gasteiger partial charge in [0.1, 0.15) is 11.9 Å². The van der Waals surface area contributed by atoms with E-state index >= 15 is 0 Å². The molecule has 1 aromatic heterocycles. The van der Waals surface area contributed by atoms with Crippen molar-refractivity contribution in [3.8, 4) is 0 Å². The normalized spacial score (nSPS) is 13.2. The molecule has 2 aromatic carbocycles. The van der Waals surface area contributed by atoms with Gasteiger partial charge < -0.3 is 20.5 Å². The molecule has 10 heteroatoms. The van der Waals surface area contributed by atoms with Crippen LogP contribution in [0.3, 0.4) is 0 Å². The minimum Gasteiger partial charge on any atom is -0.467 e. The topological polar surface area (TPSA) is 123 Å². The third-order valence-electron chi connectivity index (χ3n) is 5.51. The molecular weight excluding hydrogens is 455 g/mol. The average Bonchev–Trinajstić information content (AvgIpc) is 3.19. The number of hydrogen-bond acceptors (Lipinski definition) is 6. The van der Waals surface area contributed by atoms with Crippen molar-refractivity contribution in [3.05, 3.63) is 65.6 Å². The molecule has 3 N–H and O–H groups in total. The number of para-hydroxylation sites is 1. The lowest BCUT2D eigenvalue weighted by Crippen LogP contribution is -2.57. The van der Waals surface area contributed by atoms with Crippen LogP contribution >= 0.6 is 0 Å². The van der Waals surface area contributed by atoms with E-state index in [1.807, 2.05) is 12.1 Å². The summed E-state index contributed by atoms with van der Waals surface area (Å²) in [5, 5.41) is 19.7. The number of nitrogens with zero attached hydrogens (tertiary/aromatic N) is 2. The molecule has 9 nitrogen and oxygen atoms in total. The van der Waals surface area contributed by atoms with Crippen LogP contribution in [-0.2, 0) is 20.9 Å². The predicted molar refractivity (Wildman–Crippen MR) is 127 cm³/mol. The molecule has 2 atom stereocenters. The minimum absolute atomic E-state index is 0.122. The maximum Gasteiger partial charge on any atom is 0.330 e. The number of hydrogen-bond donors (Lipinski definition) is 3. The Balaban J connectivity index is 1.89. The van der Waals surface area contributed by atoms with Crippen LogP contribution in [0.5, 0.6) is 0 Å². The Morgan fingerprint density at radius 2 is 1.74 bits per heavy atom. The number of ether oxygens (including phenoxy) is 1. The summed E-state index contributed by atoms with van der Waals surface area (Å²) in [7, 11) is 1.15. The number of carbonyl (C=O) groups is 3. The molecule has 186 valence electrons. The highest BCUT2D eigenvalue weighted by Crippen LogP contribution is 2.23. The van der Waals surface area contributed by atoms with Crippen molar-refractivity contribution in [2.24, 2.45) is 5.41 Å². The number of benzene rings is 2. The van der Waals surface area contributed by atoms with E-state index in [-0.39, 0.29) is 11.5 Å². The molecule has 0 saturated heterocycles. The lowest BCUT2D eigenvalue weighted by molar-refractivity contribution is -0.146. The second kappa shape index (κ2) is 10.6. The van der Waals surface area contributed by atoms with E-state index in [1.165, 1.54) is 12.1 Å². The summed E-state index contributed by atoms with van der Waals surface area (Å²) >= 11 is 0.